The molecule has 0 aliphatic carbocycles. The fraction of sp³-hybridized carbons (Fsp3) is 0.0909. The molecular weight excluding hydrogens is 284 g/mol. The molecule has 106 valence electrons. The van der Waals surface area contributed by atoms with Crippen LogP contribution in [0, 0.1) is 6.92 Å². The first-order chi connectivity index (χ1) is 9.31. The molecule has 9 heteroatoms. The quantitative estimate of drug-likeness (QED) is 0.615. The summed E-state index contributed by atoms with van der Waals surface area (Å²) in [7, 11) is -4.09. The summed E-state index contributed by atoms with van der Waals surface area (Å²) in [5.74, 6) is -1.18. The Bertz CT molecular complexity index is 766. The number of nitrogens with two attached hydrogens (primary N) is 1. The first-order valence-electron chi connectivity index (χ1n) is 5.47. The molecule has 1 heterocycles. The van der Waals surface area contributed by atoms with Crippen LogP contribution in [0.25, 0.3) is 0 Å². The van der Waals surface area contributed by atoms with E-state index in [4.69, 9.17) is 10.8 Å². The Labute approximate surface area is 114 Å². The van der Waals surface area contributed by atoms with Crippen LogP contribution in [0.5, 0.6) is 0 Å². The molecular formula is C11H12N4O4S. The zero-order valence-corrected chi connectivity index (χ0v) is 11.2. The molecule has 1 aromatic carbocycles. The van der Waals surface area contributed by atoms with E-state index in [1.54, 1.807) is 6.92 Å². The Morgan fingerprint density at radius 2 is 2.15 bits per heavy atom. The van der Waals surface area contributed by atoms with Crippen LogP contribution in [0.3, 0.4) is 0 Å². The lowest BCUT2D eigenvalue weighted by atomic mass is 10.2. The van der Waals surface area contributed by atoms with Crippen LogP contribution in [0.1, 0.15) is 15.9 Å². The molecule has 0 fully saturated rings. The van der Waals surface area contributed by atoms with Gasteiger partial charge in [-0.3, -0.25) is 9.82 Å². The fourth-order valence-corrected chi connectivity index (χ4v) is 2.90. The number of carboxylic acids is 1. The number of anilines is 2. The maximum atomic E-state index is 12.3. The SMILES string of the molecule is Cc1cn[nH]c1NS(=O)(=O)c1cc(N)ccc1C(=O)O. The number of nitrogens with one attached hydrogen (secondary N) is 2. The summed E-state index contributed by atoms with van der Waals surface area (Å²) in [6, 6.07) is 3.56. The summed E-state index contributed by atoms with van der Waals surface area (Å²) in [5, 5.41) is 15.2. The van der Waals surface area contributed by atoms with Crippen molar-refractivity contribution in [3.05, 3.63) is 35.5 Å². The summed E-state index contributed by atoms with van der Waals surface area (Å²) in [4.78, 5) is 10.7. The summed E-state index contributed by atoms with van der Waals surface area (Å²) in [5.41, 5.74) is 5.89. The van der Waals surface area contributed by atoms with Gasteiger partial charge in [-0.15, -0.1) is 0 Å². The molecule has 0 saturated heterocycles. The van der Waals surface area contributed by atoms with Gasteiger partial charge in [0.15, 0.2) is 0 Å². The van der Waals surface area contributed by atoms with E-state index in [0.717, 1.165) is 12.1 Å². The molecule has 2 aromatic rings. The third-order valence-corrected chi connectivity index (χ3v) is 3.98. The maximum absolute atomic E-state index is 12.3. The molecule has 5 N–H and O–H groups in total. The Balaban J connectivity index is 2.52. The van der Waals surface area contributed by atoms with Gasteiger partial charge in [-0.05, 0) is 25.1 Å². The molecule has 8 nitrogen and oxygen atoms in total. The summed E-state index contributed by atoms with van der Waals surface area (Å²) < 4.78 is 26.7. The van der Waals surface area contributed by atoms with Crippen LogP contribution in [0.2, 0.25) is 0 Å². The molecule has 0 spiro atoms. The van der Waals surface area contributed by atoms with Gasteiger partial charge in [0.1, 0.15) is 10.7 Å². The Hall–Kier alpha value is -2.55. The number of aromatic nitrogens is 2. The van der Waals surface area contributed by atoms with Gasteiger partial charge in [-0.25, -0.2) is 13.2 Å². The van der Waals surface area contributed by atoms with Crippen molar-refractivity contribution in [2.45, 2.75) is 11.8 Å². The van der Waals surface area contributed by atoms with Gasteiger partial charge >= 0.3 is 5.97 Å². The molecule has 20 heavy (non-hydrogen) atoms. The molecule has 0 aliphatic heterocycles. The number of carbonyl (C=O) groups is 1. The van der Waals surface area contributed by atoms with Gasteiger partial charge in [0, 0.05) is 11.3 Å². The standard InChI is InChI=1S/C11H12N4O4S/c1-6-5-13-14-10(6)15-20(18,19)9-4-7(12)2-3-8(9)11(16)17/h2-5H,12H2,1H3,(H,16,17)(H2,13,14,15). The zero-order valence-electron chi connectivity index (χ0n) is 10.4. The highest BCUT2D eigenvalue weighted by molar-refractivity contribution is 7.92. The number of H-pyrrole nitrogens is 1. The smallest absolute Gasteiger partial charge is 0.337 e. The van der Waals surface area contributed by atoms with Gasteiger partial charge in [-0.2, -0.15) is 5.10 Å². The Kier molecular flexibility index (Phi) is 3.36. The minimum Gasteiger partial charge on any atom is -0.478 e. The van der Waals surface area contributed by atoms with Crippen molar-refractivity contribution in [3.63, 3.8) is 0 Å². The van der Waals surface area contributed by atoms with Crippen LogP contribution in [-0.2, 0) is 10.0 Å². The largest absolute Gasteiger partial charge is 0.478 e. The predicted molar refractivity (Wildman–Crippen MR) is 71.9 cm³/mol. The average molecular weight is 296 g/mol. The van der Waals surface area contributed by atoms with Crippen molar-refractivity contribution in [2.24, 2.45) is 0 Å². The van der Waals surface area contributed by atoms with Crippen LogP contribution >= 0.6 is 0 Å². The van der Waals surface area contributed by atoms with Crippen LogP contribution in [0.15, 0.2) is 29.3 Å². The molecule has 0 saturated carbocycles. The number of aryl methyl sites for hydroxylation is 1. The number of carboxylic acid groups (broad SMARTS) is 1. The van der Waals surface area contributed by atoms with Gasteiger partial charge in [0.25, 0.3) is 10.0 Å². The number of aromatic amines is 1. The van der Waals surface area contributed by atoms with Crippen molar-refractivity contribution in [1.82, 2.24) is 10.2 Å². The lowest BCUT2D eigenvalue weighted by Crippen LogP contribution is -2.18. The molecule has 0 unspecified atom stereocenters. The van der Waals surface area contributed by atoms with E-state index in [1.165, 1.54) is 12.3 Å². The van der Waals surface area contributed by atoms with Crippen molar-refractivity contribution in [3.8, 4) is 0 Å². The first-order valence-corrected chi connectivity index (χ1v) is 6.95. The minimum atomic E-state index is -4.09. The number of nitrogen functional groups attached to an aromatic ring is 1. The van der Waals surface area contributed by atoms with Crippen molar-refractivity contribution in [2.75, 3.05) is 10.5 Å². The third kappa shape index (κ3) is 2.57. The lowest BCUT2D eigenvalue weighted by molar-refractivity contribution is 0.0692. The van der Waals surface area contributed by atoms with Gasteiger partial charge < -0.3 is 10.8 Å². The van der Waals surface area contributed by atoms with E-state index in [1.807, 2.05) is 0 Å². The van der Waals surface area contributed by atoms with E-state index >= 15 is 0 Å². The fourth-order valence-electron chi connectivity index (χ4n) is 1.58. The van der Waals surface area contributed by atoms with Crippen LogP contribution in [0.4, 0.5) is 11.5 Å². The van der Waals surface area contributed by atoms with Gasteiger partial charge in [-0.1, -0.05) is 0 Å². The average Bonchev–Trinajstić information content (AvgIpc) is 2.74. The highest BCUT2D eigenvalue weighted by atomic mass is 32.2. The van der Waals surface area contributed by atoms with Crippen molar-refractivity contribution in [1.29, 1.82) is 0 Å². The second-order valence-corrected chi connectivity index (χ2v) is 5.75. The van der Waals surface area contributed by atoms with Crippen LogP contribution in [-0.4, -0.2) is 29.7 Å². The summed E-state index contributed by atoms with van der Waals surface area (Å²) >= 11 is 0. The van der Waals surface area contributed by atoms with Gasteiger partial charge in [0.2, 0.25) is 0 Å². The molecule has 0 aliphatic rings. The number of rotatable bonds is 4. The molecule has 1 aromatic heterocycles. The Morgan fingerprint density at radius 3 is 2.70 bits per heavy atom. The minimum absolute atomic E-state index is 0.150. The summed E-state index contributed by atoms with van der Waals surface area (Å²) in [6.45, 7) is 1.65. The molecule has 0 bridgehead atoms. The third-order valence-electron chi connectivity index (χ3n) is 2.59. The normalized spacial score (nSPS) is 11.2. The van der Waals surface area contributed by atoms with Crippen molar-refractivity contribution < 1.29 is 18.3 Å². The predicted octanol–water partition coefficient (Wildman–Crippen LogP) is 0.799. The van der Waals surface area contributed by atoms with E-state index in [9.17, 15) is 13.2 Å². The maximum Gasteiger partial charge on any atom is 0.337 e. The number of sulfonamides is 1. The molecule has 0 radical (unpaired) electrons. The van der Waals surface area contributed by atoms with E-state index in [-0.39, 0.29) is 17.1 Å². The van der Waals surface area contributed by atoms with Crippen LogP contribution < -0.4 is 10.5 Å². The Morgan fingerprint density at radius 1 is 1.45 bits per heavy atom. The number of hydrogen-bond acceptors (Lipinski definition) is 5. The lowest BCUT2D eigenvalue weighted by Gasteiger charge is -2.10. The number of nitrogens with zero attached hydrogens (tertiary/aromatic N) is 1. The monoisotopic (exact) mass is 296 g/mol. The number of benzene rings is 1. The highest BCUT2D eigenvalue weighted by Crippen LogP contribution is 2.22. The van der Waals surface area contributed by atoms with E-state index < -0.39 is 20.9 Å². The highest BCUT2D eigenvalue weighted by Gasteiger charge is 2.23. The summed E-state index contributed by atoms with van der Waals surface area (Å²) in [6.07, 6.45) is 1.44. The molecule has 2 rings (SSSR count). The first kappa shape index (κ1) is 13.9. The number of hydrogen-bond donors (Lipinski definition) is 4. The molecule has 0 atom stereocenters. The second kappa shape index (κ2) is 4.85. The second-order valence-electron chi connectivity index (χ2n) is 4.09. The number of aromatic carboxylic acids is 1. The van der Waals surface area contributed by atoms with Gasteiger partial charge in [0.05, 0.1) is 11.8 Å². The zero-order chi connectivity index (χ0) is 14.9. The topological polar surface area (TPSA) is 138 Å². The van der Waals surface area contributed by atoms with Crippen molar-refractivity contribution >= 4 is 27.5 Å². The molecule has 0 amide bonds. The van der Waals surface area contributed by atoms with E-state index in [0.29, 0.717) is 5.56 Å². The van der Waals surface area contributed by atoms with E-state index in [2.05, 4.69) is 14.9 Å².